The number of alkyl halides is 3. The number of hydrogen-bond acceptors (Lipinski definition) is 2. The molecule has 24 heavy (non-hydrogen) atoms. The molecular weight excluding hydrogens is 366 g/mol. The fourth-order valence-corrected chi connectivity index (χ4v) is 2.28. The molecule has 0 unspecified atom stereocenters. The van der Waals surface area contributed by atoms with Crippen molar-refractivity contribution in [3.05, 3.63) is 58.1 Å². The van der Waals surface area contributed by atoms with Gasteiger partial charge in [0.05, 0.1) is 10.6 Å². The number of carbonyl (C=O) groups excluding carboxylic acids is 1. The molecule has 0 aromatic heterocycles. The second kappa shape index (κ2) is 7.32. The molecule has 1 N–H and O–H groups in total. The summed E-state index contributed by atoms with van der Waals surface area (Å²) in [6, 6.07) is 8.83. The van der Waals surface area contributed by atoms with E-state index in [1.165, 1.54) is 31.2 Å². The predicted molar refractivity (Wildman–Crippen MR) is 86.6 cm³/mol. The first kappa shape index (κ1) is 18.4. The Morgan fingerprint density at radius 3 is 2.50 bits per heavy atom. The lowest BCUT2D eigenvalue weighted by molar-refractivity contribution is -0.137. The summed E-state index contributed by atoms with van der Waals surface area (Å²) in [5.41, 5.74) is -0.831. The Morgan fingerprint density at radius 2 is 1.88 bits per heavy atom. The van der Waals surface area contributed by atoms with Crippen LogP contribution in [-0.2, 0) is 11.0 Å². The summed E-state index contributed by atoms with van der Waals surface area (Å²) in [6.07, 6.45) is -5.46. The standard InChI is InChI=1S/C16H12Cl2F3NO2/c1-9(24-14-6-5-11(17)8-13(14)18)15(23)22-12-4-2-3-10(7-12)16(19,20)21/h2-9H,1H3,(H,22,23)/t9-/m1/s1. The normalized spacial score (nSPS) is 12.6. The minimum absolute atomic E-state index is 0.0208. The van der Waals surface area contributed by atoms with Crippen LogP contribution in [0.1, 0.15) is 12.5 Å². The molecule has 3 nitrogen and oxygen atoms in total. The number of anilines is 1. The molecule has 0 spiro atoms. The number of nitrogens with one attached hydrogen (secondary N) is 1. The minimum Gasteiger partial charge on any atom is -0.479 e. The second-order valence-corrected chi connectivity index (χ2v) is 5.75. The molecule has 128 valence electrons. The van der Waals surface area contributed by atoms with Crippen LogP contribution in [0.2, 0.25) is 10.0 Å². The molecule has 0 fully saturated rings. The number of amides is 1. The van der Waals surface area contributed by atoms with Crippen molar-refractivity contribution >= 4 is 34.8 Å². The molecule has 0 heterocycles. The van der Waals surface area contributed by atoms with Gasteiger partial charge in [-0.05, 0) is 43.3 Å². The van der Waals surface area contributed by atoms with Gasteiger partial charge in [0.15, 0.2) is 6.10 Å². The van der Waals surface area contributed by atoms with Crippen molar-refractivity contribution in [3.63, 3.8) is 0 Å². The summed E-state index contributed by atoms with van der Waals surface area (Å²) in [7, 11) is 0. The van der Waals surface area contributed by atoms with Crippen molar-refractivity contribution in [2.45, 2.75) is 19.2 Å². The average Bonchev–Trinajstić information content (AvgIpc) is 2.49. The third-order valence-electron chi connectivity index (χ3n) is 3.02. The highest BCUT2D eigenvalue weighted by molar-refractivity contribution is 6.35. The Kier molecular flexibility index (Phi) is 5.62. The number of ether oxygens (including phenoxy) is 1. The van der Waals surface area contributed by atoms with E-state index in [9.17, 15) is 18.0 Å². The summed E-state index contributed by atoms with van der Waals surface area (Å²) < 4.78 is 43.4. The highest BCUT2D eigenvalue weighted by Gasteiger charge is 2.30. The maximum absolute atomic E-state index is 12.7. The highest BCUT2D eigenvalue weighted by atomic mass is 35.5. The molecule has 2 aromatic carbocycles. The lowest BCUT2D eigenvalue weighted by atomic mass is 10.2. The number of rotatable bonds is 4. The fraction of sp³-hybridized carbons (Fsp3) is 0.188. The topological polar surface area (TPSA) is 38.3 Å². The van der Waals surface area contributed by atoms with Crippen LogP contribution in [-0.4, -0.2) is 12.0 Å². The Balaban J connectivity index is 2.06. The van der Waals surface area contributed by atoms with E-state index < -0.39 is 23.8 Å². The highest BCUT2D eigenvalue weighted by Crippen LogP contribution is 2.31. The Hall–Kier alpha value is -1.92. The van der Waals surface area contributed by atoms with Crippen LogP contribution in [0.15, 0.2) is 42.5 Å². The smallest absolute Gasteiger partial charge is 0.416 e. The van der Waals surface area contributed by atoms with Gasteiger partial charge in [0, 0.05) is 10.7 Å². The van der Waals surface area contributed by atoms with Crippen molar-refractivity contribution in [1.82, 2.24) is 0 Å². The maximum Gasteiger partial charge on any atom is 0.416 e. The van der Waals surface area contributed by atoms with E-state index in [1.54, 1.807) is 6.07 Å². The molecule has 0 saturated heterocycles. The number of carbonyl (C=O) groups is 1. The van der Waals surface area contributed by atoms with Gasteiger partial charge in [0.2, 0.25) is 0 Å². The molecule has 8 heteroatoms. The molecule has 0 radical (unpaired) electrons. The maximum atomic E-state index is 12.7. The fourth-order valence-electron chi connectivity index (χ4n) is 1.83. The van der Waals surface area contributed by atoms with Gasteiger partial charge < -0.3 is 10.1 Å². The van der Waals surface area contributed by atoms with Crippen LogP contribution < -0.4 is 10.1 Å². The zero-order valence-electron chi connectivity index (χ0n) is 12.3. The van der Waals surface area contributed by atoms with E-state index in [-0.39, 0.29) is 16.5 Å². The second-order valence-electron chi connectivity index (χ2n) is 4.90. The van der Waals surface area contributed by atoms with Crippen molar-refractivity contribution < 1.29 is 22.7 Å². The monoisotopic (exact) mass is 377 g/mol. The summed E-state index contributed by atoms with van der Waals surface area (Å²) in [4.78, 5) is 12.1. The molecule has 0 aliphatic rings. The molecule has 1 atom stereocenters. The Labute approximate surface area is 146 Å². The summed E-state index contributed by atoms with van der Waals surface area (Å²) >= 11 is 11.7. The van der Waals surface area contributed by atoms with Crippen molar-refractivity contribution in [1.29, 1.82) is 0 Å². The van der Waals surface area contributed by atoms with Crippen LogP contribution in [0, 0.1) is 0 Å². The van der Waals surface area contributed by atoms with E-state index >= 15 is 0 Å². The van der Waals surface area contributed by atoms with Crippen LogP contribution in [0.4, 0.5) is 18.9 Å². The zero-order valence-corrected chi connectivity index (χ0v) is 13.8. The lowest BCUT2D eigenvalue weighted by Gasteiger charge is -2.16. The van der Waals surface area contributed by atoms with Crippen LogP contribution >= 0.6 is 23.2 Å². The minimum atomic E-state index is -4.49. The van der Waals surface area contributed by atoms with E-state index in [0.717, 1.165) is 12.1 Å². The summed E-state index contributed by atoms with van der Waals surface area (Å²) in [6.45, 7) is 1.45. The largest absolute Gasteiger partial charge is 0.479 e. The van der Waals surface area contributed by atoms with E-state index in [2.05, 4.69) is 5.32 Å². The van der Waals surface area contributed by atoms with Gasteiger partial charge in [-0.15, -0.1) is 0 Å². The number of halogens is 5. The molecule has 0 aliphatic carbocycles. The van der Waals surface area contributed by atoms with Gasteiger partial charge in [0.1, 0.15) is 5.75 Å². The molecular formula is C16H12Cl2F3NO2. The molecule has 2 aromatic rings. The van der Waals surface area contributed by atoms with E-state index in [4.69, 9.17) is 27.9 Å². The first-order valence-electron chi connectivity index (χ1n) is 6.76. The third kappa shape index (κ3) is 4.79. The van der Waals surface area contributed by atoms with Gasteiger partial charge in [-0.3, -0.25) is 4.79 Å². The van der Waals surface area contributed by atoms with Crippen LogP contribution in [0.3, 0.4) is 0 Å². The molecule has 1 amide bonds. The predicted octanol–water partition coefficient (Wildman–Crippen LogP) is 5.42. The zero-order chi connectivity index (χ0) is 17.9. The van der Waals surface area contributed by atoms with Gasteiger partial charge in [-0.1, -0.05) is 29.3 Å². The van der Waals surface area contributed by atoms with Crippen molar-refractivity contribution in [3.8, 4) is 5.75 Å². The van der Waals surface area contributed by atoms with Gasteiger partial charge in [-0.2, -0.15) is 13.2 Å². The first-order chi connectivity index (χ1) is 11.2. The van der Waals surface area contributed by atoms with E-state index in [1.807, 2.05) is 0 Å². The van der Waals surface area contributed by atoms with Gasteiger partial charge in [-0.25, -0.2) is 0 Å². The third-order valence-corrected chi connectivity index (χ3v) is 3.55. The van der Waals surface area contributed by atoms with Crippen molar-refractivity contribution in [2.75, 3.05) is 5.32 Å². The Morgan fingerprint density at radius 1 is 1.17 bits per heavy atom. The van der Waals surface area contributed by atoms with Gasteiger partial charge >= 0.3 is 6.18 Å². The SMILES string of the molecule is C[C@@H](Oc1ccc(Cl)cc1Cl)C(=O)Nc1cccc(C(F)(F)F)c1. The quantitative estimate of drug-likeness (QED) is 0.772. The lowest BCUT2D eigenvalue weighted by Crippen LogP contribution is -2.30. The number of hydrogen-bond donors (Lipinski definition) is 1. The molecule has 0 aliphatic heterocycles. The van der Waals surface area contributed by atoms with Crippen LogP contribution in [0.5, 0.6) is 5.75 Å². The summed E-state index contributed by atoms with van der Waals surface area (Å²) in [5.74, 6) is -0.367. The molecule has 2 rings (SSSR count). The molecule has 0 bridgehead atoms. The van der Waals surface area contributed by atoms with Gasteiger partial charge in [0.25, 0.3) is 5.91 Å². The Bertz CT molecular complexity index is 750. The summed E-state index contributed by atoms with van der Waals surface area (Å²) in [5, 5.41) is 3.01. The first-order valence-corrected chi connectivity index (χ1v) is 7.52. The van der Waals surface area contributed by atoms with Crippen molar-refractivity contribution in [2.24, 2.45) is 0 Å². The average molecular weight is 378 g/mol. The van der Waals surface area contributed by atoms with E-state index in [0.29, 0.717) is 5.02 Å². The molecule has 0 saturated carbocycles. The van der Waals surface area contributed by atoms with Crippen LogP contribution in [0.25, 0.3) is 0 Å². The number of benzene rings is 2.